The lowest BCUT2D eigenvalue weighted by Crippen LogP contribution is -1.98. The molecule has 0 atom stereocenters. The molecule has 3 heterocycles. The Kier molecular flexibility index (Phi) is 2.92. The van der Waals surface area contributed by atoms with E-state index in [2.05, 4.69) is 27.8 Å². The number of benzene rings is 2. The average molecular weight is 317 g/mol. The molecule has 0 saturated heterocycles. The molecule has 3 nitrogen and oxygen atoms in total. The molecule has 0 unspecified atom stereocenters. The van der Waals surface area contributed by atoms with Gasteiger partial charge in [0, 0.05) is 30.3 Å². The smallest absolute Gasteiger partial charge is 0.132 e. The molecule has 2 aromatic carbocycles. The van der Waals surface area contributed by atoms with Gasteiger partial charge < -0.3 is 4.57 Å². The molecule has 3 aromatic rings. The highest BCUT2D eigenvalue weighted by Crippen LogP contribution is 2.37. The lowest BCUT2D eigenvalue weighted by Gasteiger charge is -2.10. The largest absolute Gasteiger partial charge is 0.327 e. The highest BCUT2D eigenvalue weighted by Gasteiger charge is 2.25. The van der Waals surface area contributed by atoms with E-state index < -0.39 is 0 Å². The van der Waals surface area contributed by atoms with Gasteiger partial charge in [0.1, 0.15) is 11.6 Å². The molecule has 5 rings (SSSR count). The fourth-order valence-corrected chi connectivity index (χ4v) is 3.71. The molecule has 2 aliphatic rings. The predicted octanol–water partition coefficient (Wildman–Crippen LogP) is 4.23. The minimum absolute atomic E-state index is 0.224. The van der Waals surface area contributed by atoms with E-state index >= 15 is 0 Å². The van der Waals surface area contributed by atoms with Gasteiger partial charge in [-0.1, -0.05) is 24.3 Å². The zero-order valence-corrected chi connectivity index (χ0v) is 13.2. The van der Waals surface area contributed by atoms with Crippen LogP contribution in [0, 0.1) is 5.82 Å². The predicted molar refractivity (Wildman–Crippen MR) is 92.7 cm³/mol. The summed E-state index contributed by atoms with van der Waals surface area (Å²) in [6.07, 6.45) is 3.97. The summed E-state index contributed by atoms with van der Waals surface area (Å²) in [5, 5.41) is 0. The monoisotopic (exact) mass is 317 g/mol. The summed E-state index contributed by atoms with van der Waals surface area (Å²) in [5.41, 5.74) is 5.82. The highest BCUT2D eigenvalue weighted by molar-refractivity contribution is 5.88. The summed E-state index contributed by atoms with van der Waals surface area (Å²) < 4.78 is 16.6. The van der Waals surface area contributed by atoms with Crippen LogP contribution in [0.25, 0.3) is 22.5 Å². The maximum absolute atomic E-state index is 14.4. The van der Waals surface area contributed by atoms with E-state index in [4.69, 9.17) is 4.98 Å². The van der Waals surface area contributed by atoms with E-state index in [0.29, 0.717) is 5.56 Å². The minimum atomic E-state index is -0.224. The second-order valence-corrected chi connectivity index (χ2v) is 6.34. The lowest BCUT2D eigenvalue weighted by atomic mass is 10.0. The first-order chi connectivity index (χ1) is 11.8. The molecule has 2 aliphatic heterocycles. The van der Waals surface area contributed by atoms with E-state index in [1.807, 2.05) is 18.3 Å². The van der Waals surface area contributed by atoms with Gasteiger partial charge >= 0.3 is 0 Å². The van der Waals surface area contributed by atoms with Crippen molar-refractivity contribution in [2.45, 2.75) is 25.9 Å². The van der Waals surface area contributed by atoms with Crippen LogP contribution in [0.15, 0.2) is 47.5 Å². The molecule has 0 saturated carbocycles. The Hall–Kier alpha value is -2.75. The van der Waals surface area contributed by atoms with Gasteiger partial charge in [-0.05, 0) is 35.7 Å². The van der Waals surface area contributed by atoms with Gasteiger partial charge in [0.25, 0.3) is 0 Å². The molecule has 1 aromatic heterocycles. The van der Waals surface area contributed by atoms with E-state index in [0.717, 1.165) is 54.3 Å². The van der Waals surface area contributed by atoms with Crippen molar-refractivity contribution in [1.82, 2.24) is 9.55 Å². The van der Waals surface area contributed by atoms with Crippen molar-refractivity contribution in [3.8, 4) is 22.5 Å². The van der Waals surface area contributed by atoms with E-state index in [1.165, 1.54) is 11.6 Å². The van der Waals surface area contributed by atoms with Crippen LogP contribution >= 0.6 is 0 Å². The summed E-state index contributed by atoms with van der Waals surface area (Å²) in [7, 11) is 0. The number of rotatable bonds is 2. The van der Waals surface area contributed by atoms with Crippen molar-refractivity contribution in [1.29, 1.82) is 0 Å². The third-order valence-electron chi connectivity index (χ3n) is 4.87. The van der Waals surface area contributed by atoms with Crippen molar-refractivity contribution in [2.24, 2.45) is 4.99 Å². The molecular weight excluding hydrogens is 301 g/mol. The average Bonchev–Trinajstić information content (AvgIpc) is 3.29. The van der Waals surface area contributed by atoms with Crippen LogP contribution in [0.2, 0.25) is 0 Å². The van der Waals surface area contributed by atoms with Gasteiger partial charge in [0.2, 0.25) is 0 Å². The summed E-state index contributed by atoms with van der Waals surface area (Å²) in [6.45, 7) is 1.69. The summed E-state index contributed by atoms with van der Waals surface area (Å²) in [4.78, 5) is 9.11. The van der Waals surface area contributed by atoms with Gasteiger partial charge in [0.15, 0.2) is 0 Å². The molecule has 0 bridgehead atoms. The molecule has 0 amide bonds. The molecule has 4 heteroatoms. The third-order valence-corrected chi connectivity index (χ3v) is 4.87. The molecule has 118 valence electrons. The molecule has 0 N–H and O–H groups in total. The molecule has 0 spiro atoms. The van der Waals surface area contributed by atoms with Crippen LogP contribution in [0.3, 0.4) is 0 Å². The summed E-state index contributed by atoms with van der Waals surface area (Å²) >= 11 is 0. The number of fused-ring (bicyclic) bond motifs is 2. The first kappa shape index (κ1) is 13.7. The Morgan fingerprint density at radius 3 is 2.92 bits per heavy atom. The Balaban J connectivity index is 1.76. The van der Waals surface area contributed by atoms with Gasteiger partial charge in [-0.2, -0.15) is 0 Å². The number of aromatic nitrogens is 2. The Morgan fingerprint density at radius 2 is 2.00 bits per heavy atom. The minimum Gasteiger partial charge on any atom is -0.327 e. The molecule has 24 heavy (non-hydrogen) atoms. The van der Waals surface area contributed by atoms with Crippen molar-refractivity contribution in [3.05, 3.63) is 65.2 Å². The number of hydrogen-bond donors (Lipinski definition) is 0. The fraction of sp³-hybridized carbons (Fsp3) is 0.200. The normalized spacial score (nSPS) is 14.9. The Labute approximate surface area is 139 Å². The molecule has 0 fully saturated rings. The quantitative estimate of drug-likeness (QED) is 0.695. The molecule has 0 aliphatic carbocycles. The first-order valence-electron chi connectivity index (χ1n) is 8.29. The second-order valence-electron chi connectivity index (χ2n) is 6.34. The number of halogens is 1. The van der Waals surface area contributed by atoms with Gasteiger partial charge in [0.05, 0.1) is 17.9 Å². The molecular formula is C20H16FN3. The van der Waals surface area contributed by atoms with E-state index in [1.54, 1.807) is 6.07 Å². The summed E-state index contributed by atoms with van der Waals surface area (Å²) in [5.74, 6) is 0.829. The Morgan fingerprint density at radius 1 is 1.08 bits per heavy atom. The zero-order chi connectivity index (χ0) is 16.1. The van der Waals surface area contributed by atoms with E-state index in [9.17, 15) is 4.39 Å². The first-order valence-corrected chi connectivity index (χ1v) is 8.29. The van der Waals surface area contributed by atoms with Crippen LogP contribution in [-0.4, -0.2) is 15.8 Å². The van der Waals surface area contributed by atoms with Crippen molar-refractivity contribution in [3.63, 3.8) is 0 Å². The Bertz CT molecular complexity index is 985. The van der Waals surface area contributed by atoms with Crippen LogP contribution in [0.4, 0.5) is 4.39 Å². The fourth-order valence-electron chi connectivity index (χ4n) is 3.71. The van der Waals surface area contributed by atoms with Crippen LogP contribution in [0.1, 0.15) is 23.4 Å². The number of aliphatic imine (C=N–C) groups is 1. The van der Waals surface area contributed by atoms with Gasteiger partial charge in [-0.15, -0.1) is 0 Å². The SMILES string of the molecule is Fc1ccccc1-c1nc2n(c1-c1ccc3c(c1)C=NC3)CCC2. The highest BCUT2D eigenvalue weighted by atomic mass is 19.1. The number of nitrogens with zero attached hydrogens (tertiary/aromatic N) is 3. The van der Waals surface area contributed by atoms with Crippen LogP contribution < -0.4 is 0 Å². The number of imidazole rings is 1. The van der Waals surface area contributed by atoms with Crippen molar-refractivity contribution in [2.75, 3.05) is 0 Å². The maximum Gasteiger partial charge on any atom is 0.132 e. The zero-order valence-electron chi connectivity index (χ0n) is 13.2. The number of hydrogen-bond acceptors (Lipinski definition) is 2. The lowest BCUT2D eigenvalue weighted by molar-refractivity contribution is 0.630. The molecule has 0 radical (unpaired) electrons. The topological polar surface area (TPSA) is 30.2 Å². The van der Waals surface area contributed by atoms with Crippen LogP contribution in [-0.2, 0) is 19.5 Å². The van der Waals surface area contributed by atoms with Gasteiger partial charge in [-0.3, -0.25) is 4.99 Å². The van der Waals surface area contributed by atoms with Gasteiger partial charge in [-0.25, -0.2) is 9.37 Å². The summed E-state index contributed by atoms with van der Waals surface area (Å²) in [6, 6.07) is 13.3. The van der Waals surface area contributed by atoms with Crippen LogP contribution in [0.5, 0.6) is 0 Å². The standard InChI is InChI=1S/C20H16FN3/c21-17-5-2-1-4-16(17)19-20(24-9-3-6-18(24)23-19)13-7-8-14-11-22-12-15(14)10-13/h1-2,4-5,7-8,10,12H,3,6,9,11H2. The maximum atomic E-state index is 14.4. The third kappa shape index (κ3) is 1.96. The second kappa shape index (κ2) is 5.13. The van der Waals surface area contributed by atoms with E-state index in [-0.39, 0.29) is 5.82 Å². The van der Waals surface area contributed by atoms with Crippen molar-refractivity contribution < 1.29 is 4.39 Å². The number of aryl methyl sites for hydroxylation is 1. The van der Waals surface area contributed by atoms with Crippen molar-refractivity contribution >= 4 is 6.21 Å².